The summed E-state index contributed by atoms with van der Waals surface area (Å²) in [6.07, 6.45) is 0. The van der Waals surface area contributed by atoms with E-state index < -0.39 is 28.4 Å². The van der Waals surface area contributed by atoms with Gasteiger partial charge in [0.2, 0.25) is 0 Å². The Morgan fingerprint density at radius 3 is 2.49 bits per heavy atom. The van der Waals surface area contributed by atoms with Gasteiger partial charge in [0.1, 0.15) is 15.8 Å². The van der Waals surface area contributed by atoms with E-state index in [9.17, 15) is 24.5 Å². The average Bonchev–Trinajstić information content (AvgIpc) is 3.15. The molecule has 0 bridgehead atoms. The Balaban J connectivity index is 1.96. The Morgan fingerprint density at radius 1 is 1.11 bits per heavy atom. The van der Waals surface area contributed by atoms with Gasteiger partial charge in [-0.1, -0.05) is 23.7 Å². The number of benzene rings is 2. The lowest BCUT2D eigenvalue weighted by atomic mass is 10.1. The summed E-state index contributed by atoms with van der Waals surface area (Å²) in [5.74, 6) is -1.54. The van der Waals surface area contributed by atoms with E-state index in [4.69, 9.17) is 21.1 Å². The summed E-state index contributed by atoms with van der Waals surface area (Å²) in [5, 5.41) is 16.4. The number of ether oxygens (including phenoxy) is 2. The average molecular weight is 518 g/mol. The van der Waals surface area contributed by atoms with E-state index >= 15 is 0 Å². The van der Waals surface area contributed by atoms with Crippen LogP contribution in [0.5, 0.6) is 5.75 Å². The zero-order chi connectivity index (χ0) is 25.7. The minimum absolute atomic E-state index is 0.00226. The van der Waals surface area contributed by atoms with Gasteiger partial charge in [-0.15, -0.1) is 11.3 Å². The van der Waals surface area contributed by atoms with Gasteiger partial charge in [-0.05, 0) is 43.7 Å². The zero-order valence-electron chi connectivity index (χ0n) is 18.8. The summed E-state index contributed by atoms with van der Waals surface area (Å²) in [5.41, 5.74) is 0.233. The molecule has 0 fully saturated rings. The van der Waals surface area contributed by atoms with Crippen molar-refractivity contribution in [2.24, 2.45) is 0 Å². The summed E-state index contributed by atoms with van der Waals surface area (Å²) in [6.45, 7) is 3.76. The first-order chi connectivity index (χ1) is 16.7. The van der Waals surface area contributed by atoms with Crippen LogP contribution in [0, 0.1) is 17.0 Å². The molecule has 0 saturated heterocycles. The number of carbonyl (C=O) groups is 3. The van der Waals surface area contributed by atoms with Crippen molar-refractivity contribution in [3.63, 3.8) is 0 Å². The number of esters is 1. The SMILES string of the molecule is CCOc1ccccc1NC(=O)c1sc(NC(=O)c2ccc(Cl)c([N+](=O)[O-])c2)c(C(=O)OC)c1C. The zero-order valence-corrected chi connectivity index (χ0v) is 20.4. The van der Waals surface area contributed by atoms with Crippen LogP contribution in [0.25, 0.3) is 0 Å². The van der Waals surface area contributed by atoms with Crippen LogP contribution in [-0.4, -0.2) is 36.4 Å². The van der Waals surface area contributed by atoms with Gasteiger partial charge >= 0.3 is 5.97 Å². The maximum absolute atomic E-state index is 13.1. The molecule has 0 aliphatic rings. The summed E-state index contributed by atoms with van der Waals surface area (Å²) in [7, 11) is 1.17. The minimum atomic E-state index is -0.759. The van der Waals surface area contributed by atoms with E-state index in [0.29, 0.717) is 23.6 Å². The van der Waals surface area contributed by atoms with E-state index in [1.54, 1.807) is 31.2 Å². The van der Waals surface area contributed by atoms with Crippen LogP contribution in [0.1, 0.15) is 42.9 Å². The van der Waals surface area contributed by atoms with Crippen molar-refractivity contribution in [3.8, 4) is 5.75 Å². The van der Waals surface area contributed by atoms with E-state index in [1.165, 1.54) is 19.2 Å². The number of thiophene rings is 1. The molecule has 10 nitrogen and oxygen atoms in total. The van der Waals surface area contributed by atoms with E-state index in [-0.39, 0.29) is 26.0 Å². The van der Waals surface area contributed by atoms with Gasteiger partial charge in [-0.2, -0.15) is 0 Å². The van der Waals surface area contributed by atoms with Crippen LogP contribution in [-0.2, 0) is 4.74 Å². The highest BCUT2D eigenvalue weighted by Gasteiger charge is 2.27. The molecular formula is C23H20ClN3O7S. The molecule has 2 aromatic carbocycles. The van der Waals surface area contributed by atoms with Crippen LogP contribution in [0.2, 0.25) is 5.02 Å². The Morgan fingerprint density at radius 2 is 1.83 bits per heavy atom. The smallest absolute Gasteiger partial charge is 0.341 e. The molecule has 182 valence electrons. The van der Waals surface area contributed by atoms with Crippen LogP contribution in [0.15, 0.2) is 42.5 Å². The Labute approximate surface area is 209 Å². The molecule has 0 aliphatic carbocycles. The van der Waals surface area contributed by atoms with Crippen molar-refractivity contribution in [3.05, 3.63) is 79.2 Å². The predicted octanol–water partition coefficient (Wildman–Crippen LogP) is 5.31. The van der Waals surface area contributed by atoms with Crippen molar-refractivity contribution in [1.29, 1.82) is 0 Å². The monoisotopic (exact) mass is 517 g/mol. The molecule has 1 aromatic heterocycles. The number of carbonyl (C=O) groups excluding carboxylic acids is 3. The molecule has 1 heterocycles. The number of anilines is 2. The van der Waals surface area contributed by atoms with E-state index in [2.05, 4.69) is 10.6 Å². The first-order valence-electron chi connectivity index (χ1n) is 10.2. The second-order valence-corrected chi connectivity index (χ2v) is 8.44. The third-order valence-corrected chi connectivity index (χ3v) is 6.34. The third-order valence-electron chi connectivity index (χ3n) is 4.81. The second kappa shape index (κ2) is 11.0. The molecule has 0 unspecified atom stereocenters. The standard InChI is InChI=1S/C23H20ClN3O7S/c1-4-34-17-8-6-5-7-15(17)25-21(29)19-12(2)18(23(30)33-3)22(35-19)26-20(28)13-9-10-14(24)16(11-13)27(31)32/h5-11H,4H2,1-3H3,(H,25,29)(H,26,28). The number of halogens is 1. The van der Waals surface area contributed by atoms with Crippen molar-refractivity contribution >= 4 is 57.1 Å². The van der Waals surface area contributed by atoms with Gasteiger partial charge in [0.05, 0.1) is 34.8 Å². The van der Waals surface area contributed by atoms with Crippen molar-refractivity contribution in [2.45, 2.75) is 13.8 Å². The first kappa shape index (κ1) is 25.7. The molecule has 0 spiro atoms. The van der Waals surface area contributed by atoms with Crippen LogP contribution >= 0.6 is 22.9 Å². The van der Waals surface area contributed by atoms with Crippen molar-refractivity contribution in [1.82, 2.24) is 0 Å². The highest BCUT2D eigenvalue weighted by molar-refractivity contribution is 7.19. The maximum Gasteiger partial charge on any atom is 0.341 e. The summed E-state index contributed by atoms with van der Waals surface area (Å²) >= 11 is 6.68. The second-order valence-electron chi connectivity index (χ2n) is 7.01. The minimum Gasteiger partial charge on any atom is -0.492 e. The summed E-state index contributed by atoms with van der Waals surface area (Å²) in [6, 6.07) is 10.4. The first-order valence-corrected chi connectivity index (χ1v) is 11.4. The number of hydrogen-bond donors (Lipinski definition) is 2. The lowest BCUT2D eigenvalue weighted by Crippen LogP contribution is -2.15. The van der Waals surface area contributed by atoms with Gasteiger partial charge in [-0.3, -0.25) is 19.7 Å². The fraction of sp³-hybridized carbons (Fsp3) is 0.174. The molecular weight excluding hydrogens is 498 g/mol. The van der Waals surface area contributed by atoms with Crippen molar-refractivity contribution < 1.29 is 28.8 Å². The number of hydrogen-bond acceptors (Lipinski definition) is 8. The number of nitro benzene ring substituents is 1. The topological polar surface area (TPSA) is 137 Å². The van der Waals surface area contributed by atoms with E-state index in [0.717, 1.165) is 17.4 Å². The summed E-state index contributed by atoms with van der Waals surface area (Å²) in [4.78, 5) is 49.0. The predicted molar refractivity (Wildman–Crippen MR) is 132 cm³/mol. The maximum atomic E-state index is 13.1. The van der Waals surface area contributed by atoms with Crippen LogP contribution in [0.4, 0.5) is 16.4 Å². The molecule has 0 saturated carbocycles. The molecule has 3 aromatic rings. The number of methoxy groups -OCH3 is 1. The number of nitro groups is 1. The normalized spacial score (nSPS) is 10.4. The molecule has 0 radical (unpaired) electrons. The fourth-order valence-corrected chi connectivity index (χ4v) is 4.44. The van der Waals surface area contributed by atoms with Crippen molar-refractivity contribution in [2.75, 3.05) is 24.4 Å². The van der Waals surface area contributed by atoms with Crippen LogP contribution < -0.4 is 15.4 Å². The molecule has 35 heavy (non-hydrogen) atoms. The Hall–Kier alpha value is -3.96. The van der Waals surface area contributed by atoms with Gasteiger partial charge in [-0.25, -0.2) is 4.79 Å². The number of rotatable bonds is 8. The number of amides is 2. The number of para-hydroxylation sites is 2. The highest BCUT2D eigenvalue weighted by Crippen LogP contribution is 2.36. The molecule has 2 N–H and O–H groups in total. The molecule has 0 atom stereocenters. The molecule has 12 heteroatoms. The number of nitrogens with one attached hydrogen (secondary N) is 2. The molecule has 0 aliphatic heterocycles. The summed E-state index contributed by atoms with van der Waals surface area (Å²) < 4.78 is 10.4. The quantitative estimate of drug-likeness (QED) is 0.235. The number of nitrogens with zero attached hydrogens (tertiary/aromatic N) is 1. The highest BCUT2D eigenvalue weighted by atomic mass is 35.5. The van der Waals surface area contributed by atoms with Gasteiger partial charge < -0.3 is 20.1 Å². The molecule has 2 amide bonds. The lowest BCUT2D eigenvalue weighted by Gasteiger charge is -2.11. The third kappa shape index (κ3) is 5.58. The Bertz CT molecular complexity index is 1320. The molecule has 3 rings (SSSR count). The van der Waals surface area contributed by atoms with Gasteiger partial charge in [0.25, 0.3) is 17.5 Å². The lowest BCUT2D eigenvalue weighted by molar-refractivity contribution is -0.384. The van der Waals surface area contributed by atoms with Gasteiger partial charge in [0, 0.05) is 11.6 Å². The van der Waals surface area contributed by atoms with Crippen LogP contribution in [0.3, 0.4) is 0 Å². The fourth-order valence-electron chi connectivity index (χ4n) is 3.17. The van der Waals surface area contributed by atoms with Gasteiger partial charge in [0.15, 0.2) is 0 Å². The van der Waals surface area contributed by atoms with E-state index in [1.807, 2.05) is 6.92 Å². The largest absolute Gasteiger partial charge is 0.492 e. The Kier molecular flexibility index (Phi) is 8.05.